The number of nitrogens with zero attached hydrogens (tertiary/aromatic N) is 2. The number of hydrogen-bond donors (Lipinski definition) is 3. The zero-order chi connectivity index (χ0) is 12.1. The summed E-state index contributed by atoms with van der Waals surface area (Å²) in [4.78, 5) is 19.1. The Morgan fingerprint density at radius 2 is 2.35 bits per heavy atom. The number of nitrogens with one attached hydrogen (secondary N) is 2. The highest BCUT2D eigenvalue weighted by atomic mass is 16.1. The van der Waals surface area contributed by atoms with Gasteiger partial charge in [0.25, 0.3) is 5.91 Å². The van der Waals surface area contributed by atoms with Crippen LogP contribution in [0.4, 0.5) is 5.82 Å². The van der Waals surface area contributed by atoms with Crippen molar-refractivity contribution in [2.75, 3.05) is 18.4 Å². The number of anilines is 1. The molecule has 17 heavy (non-hydrogen) atoms. The summed E-state index contributed by atoms with van der Waals surface area (Å²) >= 11 is 0. The van der Waals surface area contributed by atoms with Crippen molar-refractivity contribution in [1.29, 1.82) is 0 Å². The maximum Gasteiger partial charge on any atom is 0.271 e. The van der Waals surface area contributed by atoms with Gasteiger partial charge in [0.1, 0.15) is 0 Å². The van der Waals surface area contributed by atoms with Crippen molar-refractivity contribution >= 4 is 11.7 Å². The number of nitrogens with two attached hydrogens (primary N) is 1. The lowest BCUT2D eigenvalue weighted by Crippen LogP contribution is -2.25. The van der Waals surface area contributed by atoms with Gasteiger partial charge in [0.05, 0.1) is 0 Å². The number of carbonyl (C=O) groups is 1. The monoisotopic (exact) mass is 235 g/mol. The highest BCUT2D eigenvalue weighted by molar-refractivity contribution is 5.95. The van der Waals surface area contributed by atoms with Crippen LogP contribution in [0.25, 0.3) is 0 Å². The van der Waals surface area contributed by atoms with Crippen LogP contribution in [0, 0.1) is 0 Å². The van der Waals surface area contributed by atoms with Crippen molar-refractivity contribution in [2.24, 2.45) is 5.73 Å². The summed E-state index contributed by atoms with van der Waals surface area (Å²) in [5.41, 5.74) is 5.42. The van der Waals surface area contributed by atoms with Crippen LogP contribution in [0.5, 0.6) is 0 Å². The highest BCUT2D eigenvalue weighted by Gasteiger charge is 2.14. The molecule has 0 unspecified atom stereocenters. The Balaban J connectivity index is 1.87. The van der Waals surface area contributed by atoms with Crippen LogP contribution in [0.1, 0.15) is 29.8 Å². The van der Waals surface area contributed by atoms with Gasteiger partial charge in [-0.15, -0.1) is 0 Å². The van der Waals surface area contributed by atoms with E-state index in [9.17, 15) is 4.79 Å². The van der Waals surface area contributed by atoms with E-state index in [2.05, 4.69) is 20.6 Å². The van der Waals surface area contributed by atoms with E-state index in [0.717, 1.165) is 19.5 Å². The molecule has 1 aromatic heterocycles. The molecule has 0 aliphatic carbocycles. The largest absolute Gasteiger partial charge is 0.368 e. The molecule has 6 nitrogen and oxygen atoms in total. The first-order valence-corrected chi connectivity index (χ1v) is 5.85. The molecule has 1 aliphatic rings. The van der Waals surface area contributed by atoms with Crippen molar-refractivity contribution in [3.8, 4) is 0 Å². The minimum atomic E-state index is -0.556. The van der Waals surface area contributed by atoms with Gasteiger partial charge in [0, 0.05) is 25.0 Å². The molecule has 2 heterocycles. The third-order valence-corrected chi connectivity index (χ3v) is 2.88. The third kappa shape index (κ3) is 3.13. The van der Waals surface area contributed by atoms with Crippen LogP contribution < -0.4 is 16.4 Å². The van der Waals surface area contributed by atoms with E-state index in [1.807, 2.05) is 0 Å². The van der Waals surface area contributed by atoms with Crippen LogP contribution in [-0.2, 0) is 0 Å². The molecule has 0 radical (unpaired) electrons. The molecule has 6 heteroatoms. The molecule has 0 bridgehead atoms. The van der Waals surface area contributed by atoms with Crippen LogP contribution in [-0.4, -0.2) is 35.0 Å². The third-order valence-electron chi connectivity index (χ3n) is 2.88. The quantitative estimate of drug-likeness (QED) is 0.674. The summed E-state index contributed by atoms with van der Waals surface area (Å²) in [6.45, 7) is 1.86. The normalized spacial score (nSPS) is 19.2. The van der Waals surface area contributed by atoms with Crippen LogP contribution in [0.3, 0.4) is 0 Å². The standard InChI is InChI=1S/C11H17N5O/c12-10(17)9-11(16-7-6-14-9)15-5-3-8-2-1-4-13-8/h6-8,13H,1-5H2,(H2,12,17)(H,15,16)/t8-/m0/s1. The molecule has 1 amide bonds. The fourth-order valence-corrected chi connectivity index (χ4v) is 2.02. The van der Waals surface area contributed by atoms with Gasteiger partial charge in [-0.2, -0.15) is 0 Å². The molecule has 0 spiro atoms. The van der Waals surface area contributed by atoms with E-state index >= 15 is 0 Å². The summed E-state index contributed by atoms with van der Waals surface area (Å²) in [6, 6.07) is 0.566. The summed E-state index contributed by atoms with van der Waals surface area (Å²) in [7, 11) is 0. The van der Waals surface area contributed by atoms with E-state index in [1.54, 1.807) is 6.20 Å². The number of aromatic nitrogens is 2. The Bertz CT molecular complexity index is 389. The Morgan fingerprint density at radius 1 is 1.53 bits per heavy atom. The van der Waals surface area contributed by atoms with Gasteiger partial charge < -0.3 is 16.4 Å². The number of rotatable bonds is 5. The summed E-state index contributed by atoms with van der Waals surface area (Å²) < 4.78 is 0. The number of primary amides is 1. The van der Waals surface area contributed by atoms with Crippen molar-refractivity contribution in [3.05, 3.63) is 18.1 Å². The Hall–Kier alpha value is -1.69. The fraction of sp³-hybridized carbons (Fsp3) is 0.545. The highest BCUT2D eigenvalue weighted by Crippen LogP contribution is 2.11. The zero-order valence-electron chi connectivity index (χ0n) is 9.65. The van der Waals surface area contributed by atoms with Crippen molar-refractivity contribution in [1.82, 2.24) is 15.3 Å². The predicted molar refractivity (Wildman–Crippen MR) is 64.7 cm³/mol. The second kappa shape index (κ2) is 5.58. The van der Waals surface area contributed by atoms with Gasteiger partial charge in [0.15, 0.2) is 11.5 Å². The molecule has 4 N–H and O–H groups in total. The molecule has 2 rings (SSSR count). The topological polar surface area (TPSA) is 92.9 Å². The molecular weight excluding hydrogens is 218 g/mol. The van der Waals surface area contributed by atoms with Gasteiger partial charge >= 0.3 is 0 Å². The minimum Gasteiger partial charge on any atom is -0.368 e. The number of carbonyl (C=O) groups excluding carboxylic acids is 1. The second-order valence-corrected chi connectivity index (χ2v) is 4.13. The Kier molecular flexibility index (Phi) is 3.87. The summed E-state index contributed by atoms with van der Waals surface area (Å²) in [5, 5.41) is 6.52. The first kappa shape index (κ1) is 11.8. The molecule has 0 saturated carbocycles. The van der Waals surface area contributed by atoms with E-state index in [1.165, 1.54) is 19.0 Å². The van der Waals surface area contributed by atoms with Crippen LogP contribution in [0.15, 0.2) is 12.4 Å². The van der Waals surface area contributed by atoms with E-state index in [-0.39, 0.29) is 5.69 Å². The Morgan fingerprint density at radius 3 is 3.06 bits per heavy atom. The molecule has 1 fully saturated rings. The SMILES string of the molecule is NC(=O)c1nccnc1NCC[C@@H]1CCCN1. The predicted octanol–water partition coefficient (Wildman–Crippen LogP) is 0.129. The lowest BCUT2D eigenvalue weighted by Gasteiger charge is -2.11. The van der Waals surface area contributed by atoms with Gasteiger partial charge in [-0.1, -0.05) is 0 Å². The molecular formula is C11H17N5O. The number of amides is 1. The Labute approximate surface area is 100 Å². The van der Waals surface area contributed by atoms with Crippen molar-refractivity contribution < 1.29 is 4.79 Å². The molecule has 0 aromatic carbocycles. The lowest BCUT2D eigenvalue weighted by atomic mass is 10.1. The first-order valence-electron chi connectivity index (χ1n) is 5.85. The van der Waals surface area contributed by atoms with Gasteiger partial charge in [-0.05, 0) is 25.8 Å². The smallest absolute Gasteiger partial charge is 0.271 e. The summed E-state index contributed by atoms with van der Waals surface area (Å²) in [5.74, 6) is -0.0856. The molecule has 1 saturated heterocycles. The van der Waals surface area contributed by atoms with Crippen LogP contribution in [0.2, 0.25) is 0 Å². The van der Waals surface area contributed by atoms with E-state index in [4.69, 9.17) is 5.73 Å². The number of hydrogen-bond acceptors (Lipinski definition) is 5. The van der Waals surface area contributed by atoms with E-state index in [0.29, 0.717) is 11.9 Å². The van der Waals surface area contributed by atoms with Crippen molar-refractivity contribution in [3.63, 3.8) is 0 Å². The van der Waals surface area contributed by atoms with E-state index < -0.39 is 5.91 Å². The second-order valence-electron chi connectivity index (χ2n) is 4.13. The lowest BCUT2D eigenvalue weighted by molar-refractivity contribution is 0.0996. The average molecular weight is 235 g/mol. The van der Waals surface area contributed by atoms with Crippen LogP contribution >= 0.6 is 0 Å². The average Bonchev–Trinajstić information content (AvgIpc) is 2.82. The zero-order valence-corrected chi connectivity index (χ0v) is 9.65. The maximum atomic E-state index is 11.1. The summed E-state index contributed by atoms with van der Waals surface area (Å²) in [6.07, 6.45) is 6.47. The molecule has 1 aliphatic heterocycles. The minimum absolute atomic E-state index is 0.201. The fourth-order valence-electron chi connectivity index (χ4n) is 2.02. The van der Waals surface area contributed by atoms with Gasteiger partial charge in [-0.25, -0.2) is 9.97 Å². The molecule has 92 valence electrons. The molecule has 1 atom stereocenters. The van der Waals surface area contributed by atoms with Crippen molar-refractivity contribution in [2.45, 2.75) is 25.3 Å². The van der Waals surface area contributed by atoms with Gasteiger partial charge in [0.2, 0.25) is 0 Å². The maximum absolute atomic E-state index is 11.1. The molecule has 1 aromatic rings. The van der Waals surface area contributed by atoms with Gasteiger partial charge in [-0.3, -0.25) is 4.79 Å². The first-order chi connectivity index (χ1) is 8.27.